The molecule has 7 heavy (non-hydrogen) atoms. The molecule has 0 saturated heterocycles. The van der Waals surface area contributed by atoms with Gasteiger partial charge in [0.05, 0.1) is 0 Å². The van der Waals surface area contributed by atoms with Crippen molar-refractivity contribution in [2.75, 3.05) is 0 Å². The quantitative estimate of drug-likeness (QED) is 0.375. The fourth-order valence-electron chi connectivity index (χ4n) is 0.287. The van der Waals surface area contributed by atoms with Crippen molar-refractivity contribution < 1.29 is 25.2 Å². The molecule has 1 nitrogen and oxygen atoms in total. The predicted octanol–water partition coefficient (Wildman–Crippen LogP) is 1.37. The summed E-state index contributed by atoms with van der Waals surface area (Å²) in [5, 5.41) is 0. The summed E-state index contributed by atoms with van der Waals surface area (Å²) in [5.41, 5.74) is 0. The molecule has 0 rings (SSSR count). The van der Waals surface area contributed by atoms with Crippen molar-refractivity contribution in [3.63, 3.8) is 0 Å². The molecule has 0 bridgehead atoms. The number of unbranched alkanes of at least 4 members (excludes halogenated alkanes) is 2. The minimum atomic E-state index is 0. The molecular formula is C5H10OPd. The third kappa shape index (κ3) is 10.7. The smallest absolute Gasteiger partial charge is 0.119 e. The molecule has 0 amide bonds. The topological polar surface area (TPSA) is 17.1 Å². The van der Waals surface area contributed by atoms with Gasteiger partial charge in [0, 0.05) is 26.8 Å². The van der Waals surface area contributed by atoms with Crippen LogP contribution in [0.25, 0.3) is 0 Å². The first-order chi connectivity index (χ1) is 2.91. The van der Waals surface area contributed by atoms with Crippen molar-refractivity contribution in [2.45, 2.75) is 26.2 Å². The van der Waals surface area contributed by atoms with Crippen LogP contribution in [0.3, 0.4) is 0 Å². The van der Waals surface area contributed by atoms with E-state index in [2.05, 4.69) is 6.92 Å². The van der Waals surface area contributed by atoms with Gasteiger partial charge in [-0.3, -0.25) is 0 Å². The first kappa shape index (κ1) is 10.3. The zero-order chi connectivity index (χ0) is 4.83. The van der Waals surface area contributed by atoms with Gasteiger partial charge in [0.1, 0.15) is 6.29 Å². The van der Waals surface area contributed by atoms with Gasteiger partial charge in [-0.1, -0.05) is 13.3 Å². The van der Waals surface area contributed by atoms with Gasteiger partial charge in [-0.15, -0.1) is 0 Å². The van der Waals surface area contributed by atoms with E-state index in [9.17, 15) is 4.79 Å². The zero-order valence-electron chi connectivity index (χ0n) is 4.42. The number of hydrogen-bond donors (Lipinski definition) is 0. The van der Waals surface area contributed by atoms with Crippen LogP contribution in [0.1, 0.15) is 26.2 Å². The molecule has 0 spiro atoms. The maximum absolute atomic E-state index is 9.56. The average Bonchev–Trinajstić information content (AvgIpc) is 1.61. The number of carbonyl (C=O) groups excluding carboxylic acids is 1. The number of aldehydes is 1. The molecule has 0 aliphatic rings. The van der Waals surface area contributed by atoms with Gasteiger partial charge in [0.15, 0.2) is 0 Å². The molecule has 0 aromatic heterocycles. The van der Waals surface area contributed by atoms with Gasteiger partial charge in [-0.25, -0.2) is 0 Å². The van der Waals surface area contributed by atoms with Crippen molar-refractivity contribution in [3.05, 3.63) is 0 Å². The van der Waals surface area contributed by atoms with Crippen LogP contribution in [0.15, 0.2) is 0 Å². The van der Waals surface area contributed by atoms with Crippen molar-refractivity contribution in [1.82, 2.24) is 0 Å². The van der Waals surface area contributed by atoms with Crippen LogP contribution in [0.5, 0.6) is 0 Å². The first-order valence-corrected chi connectivity index (χ1v) is 2.35. The van der Waals surface area contributed by atoms with Crippen LogP contribution in [0.4, 0.5) is 0 Å². The Hall–Kier alpha value is 0.332. The van der Waals surface area contributed by atoms with Crippen molar-refractivity contribution >= 4 is 6.29 Å². The van der Waals surface area contributed by atoms with E-state index in [-0.39, 0.29) is 20.4 Å². The van der Waals surface area contributed by atoms with E-state index in [1.54, 1.807) is 0 Å². The minimum absolute atomic E-state index is 0. The van der Waals surface area contributed by atoms with Crippen LogP contribution in [-0.2, 0) is 25.2 Å². The molecule has 2 heteroatoms. The summed E-state index contributed by atoms with van der Waals surface area (Å²) >= 11 is 0. The molecule has 0 heterocycles. The molecule has 46 valence electrons. The number of hydrogen-bond acceptors (Lipinski definition) is 1. The molecule has 0 saturated carbocycles. The Balaban J connectivity index is 0. The van der Waals surface area contributed by atoms with Crippen LogP contribution in [-0.4, -0.2) is 6.29 Å². The summed E-state index contributed by atoms with van der Waals surface area (Å²) in [4.78, 5) is 9.56. The van der Waals surface area contributed by atoms with Gasteiger partial charge >= 0.3 is 0 Å². The minimum Gasteiger partial charge on any atom is -0.303 e. The molecule has 0 N–H and O–H groups in total. The summed E-state index contributed by atoms with van der Waals surface area (Å²) in [7, 11) is 0. The second kappa shape index (κ2) is 9.59. The Morgan fingerprint density at radius 2 is 2.14 bits per heavy atom. The summed E-state index contributed by atoms with van der Waals surface area (Å²) in [6.07, 6.45) is 3.86. The van der Waals surface area contributed by atoms with Gasteiger partial charge in [0.25, 0.3) is 0 Å². The summed E-state index contributed by atoms with van der Waals surface area (Å²) < 4.78 is 0. The SMILES string of the molecule is CCCCC=O.[Pd]. The molecule has 0 aromatic carbocycles. The van der Waals surface area contributed by atoms with Gasteiger partial charge in [0.2, 0.25) is 0 Å². The average molecular weight is 193 g/mol. The molecule has 0 aliphatic carbocycles. The first-order valence-electron chi connectivity index (χ1n) is 2.35. The van der Waals surface area contributed by atoms with E-state index in [0.29, 0.717) is 0 Å². The maximum atomic E-state index is 9.56. The summed E-state index contributed by atoms with van der Waals surface area (Å²) in [6.45, 7) is 2.07. The number of carbonyl (C=O) groups is 1. The molecule has 0 unspecified atom stereocenters. The Kier molecular flexibility index (Phi) is 14.2. The Morgan fingerprint density at radius 3 is 2.29 bits per heavy atom. The Labute approximate surface area is 58.1 Å². The summed E-state index contributed by atoms with van der Waals surface area (Å²) in [6, 6.07) is 0. The van der Waals surface area contributed by atoms with Gasteiger partial charge < -0.3 is 4.79 Å². The predicted molar refractivity (Wildman–Crippen MR) is 25.6 cm³/mol. The summed E-state index contributed by atoms with van der Waals surface area (Å²) in [5.74, 6) is 0. The molecule has 0 fully saturated rings. The van der Waals surface area contributed by atoms with E-state index in [1.165, 1.54) is 0 Å². The Morgan fingerprint density at radius 1 is 1.57 bits per heavy atom. The fraction of sp³-hybridized carbons (Fsp3) is 0.800. The Bertz CT molecular complexity index is 37.1. The zero-order valence-corrected chi connectivity index (χ0v) is 5.98. The largest absolute Gasteiger partial charge is 0.303 e. The van der Waals surface area contributed by atoms with Crippen molar-refractivity contribution in [3.8, 4) is 0 Å². The molecule has 0 aliphatic heterocycles. The van der Waals surface area contributed by atoms with E-state index in [0.717, 1.165) is 25.5 Å². The van der Waals surface area contributed by atoms with E-state index < -0.39 is 0 Å². The second-order valence-electron chi connectivity index (χ2n) is 1.31. The second-order valence-corrected chi connectivity index (χ2v) is 1.31. The van der Waals surface area contributed by atoms with E-state index >= 15 is 0 Å². The molecule has 0 atom stereocenters. The number of rotatable bonds is 3. The molecule has 0 radical (unpaired) electrons. The standard InChI is InChI=1S/C5H10O.Pd/c1-2-3-4-5-6;/h5H,2-4H2,1H3;. The van der Waals surface area contributed by atoms with Crippen molar-refractivity contribution in [1.29, 1.82) is 0 Å². The van der Waals surface area contributed by atoms with E-state index in [4.69, 9.17) is 0 Å². The van der Waals surface area contributed by atoms with Gasteiger partial charge in [-0.05, 0) is 6.42 Å². The van der Waals surface area contributed by atoms with Crippen molar-refractivity contribution in [2.24, 2.45) is 0 Å². The third-order valence-corrected chi connectivity index (χ3v) is 0.676. The molecular weight excluding hydrogens is 182 g/mol. The normalized spacial score (nSPS) is 7.00. The van der Waals surface area contributed by atoms with Crippen LogP contribution >= 0.6 is 0 Å². The fourth-order valence-corrected chi connectivity index (χ4v) is 0.287. The third-order valence-electron chi connectivity index (χ3n) is 0.676. The molecule has 0 aromatic rings. The van der Waals surface area contributed by atoms with Crippen LogP contribution < -0.4 is 0 Å². The van der Waals surface area contributed by atoms with Gasteiger partial charge in [-0.2, -0.15) is 0 Å². The van der Waals surface area contributed by atoms with Crippen LogP contribution in [0, 0.1) is 0 Å². The van der Waals surface area contributed by atoms with Crippen LogP contribution in [0.2, 0.25) is 0 Å². The van der Waals surface area contributed by atoms with E-state index in [1.807, 2.05) is 0 Å². The maximum Gasteiger partial charge on any atom is 0.119 e. The monoisotopic (exact) mass is 192 g/mol.